The van der Waals surface area contributed by atoms with Crippen molar-refractivity contribution in [3.63, 3.8) is 0 Å². The van der Waals surface area contributed by atoms with Gasteiger partial charge in [0.15, 0.2) is 24.6 Å². The van der Waals surface area contributed by atoms with E-state index >= 15 is 0 Å². The lowest BCUT2D eigenvalue weighted by atomic mass is 9.98. The number of hydrogen-bond acceptors (Lipinski definition) is 11. The Hall–Kier alpha value is -3.06. The number of allylic oxidation sites excluding steroid dienone is 6. The average molecular weight is 977 g/mol. The van der Waals surface area contributed by atoms with E-state index in [0.29, 0.717) is 19.3 Å². The number of rotatable bonds is 47. The highest BCUT2D eigenvalue weighted by Crippen LogP contribution is 2.26. The van der Waals surface area contributed by atoms with Gasteiger partial charge in [0, 0.05) is 19.3 Å². The van der Waals surface area contributed by atoms with Crippen LogP contribution in [-0.2, 0) is 42.9 Å². The monoisotopic (exact) mass is 977 g/mol. The van der Waals surface area contributed by atoms with Gasteiger partial charge in [0.25, 0.3) is 0 Å². The molecule has 6 unspecified atom stereocenters. The summed E-state index contributed by atoms with van der Waals surface area (Å²) in [5.41, 5.74) is 0. The van der Waals surface area contributed by atoms with Crippen LogP contribution in [0.25, 0.3) is 0 Å². The molecule has 1 aliphatic heterocycles. The number of carboxylic acid groups (broad SMARTS) is 1. The number of aliphatic hydroxyl groups is 2. The Balaban J connectivity index is 2.72. The van der Waals surface area contributed by atoms with Crippen molar-refractivity contribution in [1.29, 1.82) is 0 Å². The first-order valence-electron chi connectivity index (χ1n) is 28.0. The molecule has 0 spiro atoms. The lowest BCUT2D eigenvalue weighted by Gasteiger charge is -2.40. The maximum absolute atomic E-state index is 13.1. The SMILES string of the molecule is CCC/C=C\C/C=C\CCCCCCCC(=O)OC1C(OCC(COC(=O)CCCCCCC/C=C\CCCCCC)OC(=O)CCCCCCCCCCCCCCC)OC(C(=O)O)C(O)C1O. The molecule has 12 nitrogen and oxygen atoms in total. The number of aliphatic hydroxyl groups excluding tert-OH is 2. The molecule has 0 bridgehead atoms. The Bertz CT molecular complexity index is 1350. The number of aliphatic carboxylic acids is 1. The number of carbonyl (C=O) groups is 4. The molecule has 0 aliphatic carbocycles. The summed E-state index contributed by atoms with van der Waals surface area (Å²) in [6.45, 7) is 5.89. The molecular formula is C57H100O12. The molecule has 0 aromatic rings. The van der Waals surface area contributed by atoms with Gasteiger partial charge in [-0.2, -0.15) is 0 Å². The van der Waals surface area contributed by atoms with Crippen LogP contribution in [0.3, 0.4) is 0 Å². The first-order chi connectivity index (χ1) is 33.6. The van der Waals surface area contributed by atoms with Crippen LogP contribution in [-0.4, -0.2) is 89.2 Å². The van der Waals surface area contributed by atoms with Crippen LogP contribution in [0.4, 0.5) is 0 Å². The molecule has 69 heavy (non-hydrogen) atoms. The smallest absolute Gasteiger partial charge is 0.335 e. The number of unbranched alkanes of at least 4 members (excludes halogenated alkanes) is 27. The van der Waals surface area contributed by atoms with Crippen LogP contribution < -0.4 is 0 Å². The lowest BCUT2D eigenvalue weighted by Crippen LogP contribution is -2.61. The van der Waals surface area contributed by atoms with Crippen LogP contribution in [0, 0.1) is 0 Å². The third-order valence-corrected chi connectivity index (χ3v) is 12.7. The van der Waals surface area contributed by atoms with Crippen molar-refractivity contribution in [2.45, 2.75) is 289 Å². The van der Waals surface area contributed by atoms with Crippen molar-refractivity contribution in [3.8, 4) is 0 Å². The molecule has 400 valence electrons. The fourth-order valence-electron chi connectivity index (χ4n) is 8.34. The second kappa shape index (κ2) is 46.0. The van der Waals surface area contributed by atoms with Crippen molar-refractivity contribution in [2.24, 2.45) is 0 Å². The fraction of sp³-hybridized carbons (Fsp3) is 0.825. The largest absolute Gasteiger partial charge is 0.479 e. The third kappa shape index (κ3) is 36.5. The summed E-state index contributed by atoms with van der Waals surface area (Å²) in [5.74, 6) is -3.13. The number of ether oxygens (including phenoxy) is 5. The summed E-state index contributed by atoms with van der Waals surface area (Å²) in [7, 11) is 0. The van der Waals surface area contributed by atoms with E-state index in [1.165, 1.54) is 83.5 Å². The topological polar surface area (TPSA) is 175 Å². The van der Waals surface area contributed by atoms with Crippen LogP contribution in [0.15, 0.2) is 36.5 Å². The molecule has 0 saturated carbocycles. The van der Waals surface area contributed by atoms with E-state index < -0.39 is 67.3 Å². The van der Waals surface area contributed by atoms with E-state index in [4.69, 9.17) is 23.7 Å². The van der Waals surface area contributed by atoms with E-state index in [0.717, 1.165) is 109 Å². The number of carbonyl (C=O) groups excluding carboxylic acids is 3. The van der Waals surface area contributed by atoms with Crippen LogP contribution in [0.5, 0.6) is 0 Å². The predicted octanol–water partition coefficient (Wildman–Crippen LogP) is 13.7. The van der Waals surface area contributed by atoms with Crippen molar-refractivity contribution >= 4 is 23.9 Å². The Morgan fingerprint density at radius 3 is 1.39 bits per heavy atom. The summed E-state index contributed by atoms with van der Waals surface area (Å²) in [5, 5.41) is 31.4. The van der Waals surface area contributed by atoms with Gasteiger partial charge in [-0.1, -0.05) is 198 Å². The van der Waals surface area contributed by atoms with Crippen molar-refractivity contribution in [3.05, 3.63) is 36.5 Å². The van der Waals surface area contributed by atoms with Gasteiger partial charge in [0.05, 0.1) is 6.61 Å². The minimum atomic E-state index is -1.90. The van der Waals surface area contributed by atoms with Gasteiger partial charge in [-0.05, 0) is 70.6 Å². The Kier molecular flexibility index (Phi) is 42.7. The van der Waals surface area contributed by atoms with E-state index in [1.54, 1.807) is 0 Å². The van der Waals surface area contributed by atoms with Crippen LogP contribution in [0.2, 0.25) is 0 Å². The van der Waals surface area contributed by atoms with Gasteiger partial charge < -0.3 is 39.0 Å². The second-order valence-corrected chi connectivity index (χ2v) is 19.2. The summed E-state index contributed by atoms with van der Waals surface area (Å²) >= 11 is 0. The molecule has 0 amide bonds. The van der Waals surface area contributed by atoms with Gasteiger partial charge in [0.2, 0.25) is 0 Å². The first kappa shape index (κ1) is 64.0. The van der Waals surface area contributed by atoms with E-state index in [9.17, 15) is 34.5 Å². The van der Waals surface area contributed by atoms with Crippen molar-refractivity contribution in [1.82, 2.24) is 0 Å². The van der Waals surface area contributed by atoms with Crippen molar-refractivity contribution < 1.29 is 58.2 Å². The van der Waals surface area contributed by atoms with Crippen LogP contribution in [0.1, 0.15) is 252 Å². The average Bonchev–Trinajstić information content (AvgIpc) is 3.33. The fourth-order valence-corrected chi connectivity index (χ4v) is 8.34. The normalized spacial score (nSPS) is 18.9. The van der Waals surface area contributed by atoms with E-state index in [1.807, 2.05) is 0 Å². The molecule has 0 aromatic heterocycles. The zero-order valence-corrected chi connectivity index (χ0v) is 43.8. The summed E-state index contributed by atoms with van der Waals surface area (Å²) < 4.78 is 28.3. The Morgan fingerprint density at radius 2 is 0.899 bits per heavy atom. The quantitative estimate of drug-likeness (QED) is 0.0228. The van der Waals surface area contributed by atoms with E-state index in [-0.39, 0.29) is 25.9 Å². The maximum atomic E-state index is 13.1. The molecule has 1 fully saturated rings. The minimum Gasteiger partial charge on any atom is -0.479 e. The van der Waals surface area contributed by atoms with Gasteiger partial charge in [-0.3, -0.25) is 14.4 Å². The summed E-state index contributed by atoms with van der Waals surface area (Å²) in [4.78, 5) is 50.9. The molecule has 1 aliphatic rings. The molecule has 1 rings (SSSR count). The van der Waals surface area contributed by atoms with Gasteiger partial charge >= 0.3 is 23.9 Å². The first-order valence-corrected chi connectivity index (χ1v) is 28.0. The Labute approximate surface area is 419 Å². The zero-order valence-electron chi connectivity index (χ0n) is 43.8. The molecular weight excluding hydrogens is 877 g/mol. The molecule has 1 heterocycles. The van der Waals surface area contributed by atoms with Crippen molar-refractivity contribution in [2.75, 3.05) is 13.2 Å². The molecule has 0 aromatic carbocycles. The maximum Gasteiger partial charge on any atom is 0.335 e. The predicted molar refractivity (Wildman–Crippen MR) is 276 cm³/mol. The zero-order chi connectivity index (χ0) is 50.4. The van der Waals surface area contributed by atoms with Gasteiger partial charge in [0.1, 0.15) is 18.8 Å². The molecule has 3 N–H and O–H groups in total. The number of carboxylic acids is 1. The number of hydrogen-bond donors (Lipinski definition) is 3. The molecule has 0 radical (unpaired) electrons. The lowest BCUT2D eigenvalue weighted by molar-refractivity contribution is -0.301. The highest BCUT2D eigenvalue weighted by Gasteiger charge is 2.50. The summed E-state index contributed by atoms with van der Waals surface area (Å²) in [6, 6.07) is 0. The van der Waals surface area contributed by atoms with E-state index in [2.05, 4.69) is 57.2 Å². The Morgan fingerprint density at radius 1 is 0.478 bits per heavy atom. The standard InChI is InChI=1S/C57H100O12/c1-4-7-10-13-16-19-22-25-28-31-34-37-40-43-49(58)65-46-48(67-50(59)44-41-38-35-32-29-26-23-20-17-14-11-8-5-2)47-66-57-55(53(62)52(61)54(69-57)56(63)64)68-51(60)45-42-39-36-33-30-27-24-21-18-15-12-9-6-3/h12,15,19,21-22,24,48,52-55,57,61-62H,4-11,13-14,16-18,20,23,25-47H2,1-3H3,(H,63,64)/b15-12-,22-19-,24-21-. The van der Waals surface area contributed by atoms with Gasteiger partial charge in [-0.25, -0.2) is 4.79 Å². The molecule has 1 saturated heterocycles. The molecule has 12 heteroatoms. The molecule has 6 atom stereocenters. The summed E-state index contributed by atoms with van der Waals surface area (Å²) in [6.07, 6.45) is 39.8. The van der Waals surface area contributed by atoms with Crippen LogP contribution >= 0.6 is 0 Å². The highest BCUT2D eigenvalue weighted by molar-refractivity contribution is 5.74. The second-order valence-electron chi connectivity index (χ2n) is 19.2. The minimum absolute atomic E-state index is 0.0460. The number of esters is 3. The van der Waals surface area contributed by atoms with Gasteiger partial charge in [-0.15, -0.1) is 0 Å². The third-order valence-electron chi connectivity index (χ3n) is 12.7. The highest BCUT2D eigenvalue weighted by atomic mass is 16.7.